The molecule has 122 valence electrons. The van der Waals surface area contributed by atoms with Gasteiger partial charge < -0.3 is 20.0 Å². The van der Waals surface area contributed by atoms with Gasteiger partial charge in [0.25, 0.3) is 0 Å². The van der Waals surface area contributed by atoms with Crippen molar-refractivity contribution in [1.82, 2.24) is 0 Å². The number of carbonyl (C=O) groups is 3. The van der Waals surface area contributed by atoms with E-state index in [1.807, 2.05) is 0 Å². The predicted octanol–water partition coefficient (Wildman–Crippen LogP) is 1.40. The zero-order valence-corrected chi connectivity index (χ0v) is 13.1. The zero-order chi connectivity index (χ0) is 17.0. The molecule has 6 nitrogen and oxygen atoms in total. The van der Waals surface area contributed by atoms with Crippen molar-refractivity contribution in [3.05, 3.63) is 40.9 Å². The molecule has 0 unspecified atom stereocenters. The first-order valence-corrected chi connectivity index (χ1v) is 7.36. The van der Waals surface area contributed by atoms with Crippen LogP contribution in [0.25, 0.3) is 0 Å². The lowest BCUT2D eigenvalue weighted by Crippen LogP contribution is -2.41. The molecule has 1 aliphatic carbocycles. The Morgan fingerprint density at radius 2 is 1.87 bits per heavy atom. The Morgan fingerprint density at radius 1 is 1.22 bits per heavy atom. The number of amides is 1. The summed E-state index contributed by atoms with van der Waals surface area (Å²) in [6.07, 6.45) is 4.03. The molecule has 2 atom stereocenters. The van der Waals surface area contributed by atoms with Crippen molar-refractivity contribution in [2.45, 2.75) is 12.8 Å². The molecule has 1 aromatic carbocycles. The number of esters is 1. The first-order valence-electron chi connectivity index (χ1n) is 6.98. The topological polar surface area (TPSA) is 95.5 Å². The maximum Gasteiger partial charge on any atom is 0.337 e. The molecular formula is C16H15ClNO5-. The molecule has 0 saturated heterocycles. The minimum Gasteiger partial charge on any atom is -0.550 e. The van der Waals surface area contributed by atoms with Crippen LogP contribution in [0.1, 0.15) is 23.2 Å². The number of aliphatic carboxylic acids is 1. The minimum atomic E-state index is -1.26. The average molecular weight is 337 g/mol. The highest BCUT2D eigenvalue weighted by molar-refractivity contribution is 6.33. The first kappa shape index (κ1) is 17.0. The number of ether oxygens (including phenoxy) is 1. The van der Waals surface area contributed by atoms with E-state index in [-0.39, 0.29) is 22.7 Å². The van der Waals surface area contributed by atoms with Crippen LogP contribution in [0.2, 0.25) is 5.02 Å². The smallest absolute Gasteiger partial charge is 0.337 e. The molecule has 2 rings (SSSR count). The second-order valence-corrected chi connectivity index (χ2v) is 5.56. The van der Waals surface area contributed by atoms with E-state index in [1.54, 1.807) is 12.2 Å². The van der Waals surface area contributed by atoms with Crippen molar-refractivity contribution in [3.63, 3.8) is 0 Å². The second-order valence-electron chi connectivity index (χ2n) is 5.15. The van der Waals surface area contributed by atoms with Crippen LogP contribution < -0.4 is 10.4 Å². The van der Waals surface area contributed by atoms with Gasteiger partial charge in [0.15, 0.2) is 0 Å². The molecule has 0 aromatic heterocycles. The highest BCUT2D eigenvalue weighted by Gasteiger charge is 2.30. The van der Waals surface area contributed by atoms with Crippen molar-refractivity contribution >= 4 is 35.1 Å². The molecule has 0 heterocycles. The zero-order valence-electron chi connectivity index (χ0n) is 12.4. The molecule has 1 aliphatic rings. The first-order chi connectivity index (χ1) is 10.9. The predicted molar refractivity (Wildman–Crippen MR) is 81.8 cm³/mol. The summed E-state index contributed by atoms with van der Waals surface area (Å²) in [5.74, 6) is -3.94. The van der Waals surface area contributed by atoms with Crippen LogP contribution >= 0.6 is 11.6 Å². The van der Waals surface area contributed by atoms with Crippen LogP contribution in [-0.2, 0) is 14.3 Å². The lowest BCUT2D eigenvalue weighted by atomic mass is 9.82. The highest BCUT2D eigenvalue weighted by Crippen LogP contribution is 2.29. The molecule has 23 heavy (non-hydrogen) atoms. The van der Waals surface area contributed by atoms with E-state index in [0.29, 0.717) is 6.42 Å². The van der Waals surface area contributed by atoms with Crippen molar-refractivity contribution in [2.75, 3.05) is 12.4 Å². The molecule has 1 amide bonds. The monoisotopic (exact) mass is 336 g/mol. The molecule has 1 N–H and O–H groups in total. The van der Waals surface area contributed by atoms with Gasteiger partial charge in [0.05, 0.1) is 29.3 Å². The summed E-state index contributed by atoms with van der Waals surface area (Å²) in [5, 5.41) is 14.0. The summed E-state index contributed by atoms with van der Waals surface area (Å²) >= 11 is 6.02. The number of halogens is 1. The van der Waals surface area contributed by atoms with Crippen LogP contribution in [0, 0.1) is 11.8 Å². The summed E-state index contributed by atoms with van der Waals surface area (Å²) in [6, 6.07) is 4.32. The average Bonchev–Trinajstić information content (AvgIpc) is 2.56. The number of nitrogens with one attached hydrogen (secondary N) is 1. The van der Waals surface area contributed by atoms with Crippen molar-refractivity contribution in [3.8, 4) is 0 Å². The van der Waals surface area contributed by atoms with Gasteiger partial charge in [0.1, 0.15) is 0 Å². The Labute approximate surface area is 138 Å². The fourth-order valence-corrected chi connectivity index (χ4v) is 2.62. The van der Waals surface area contributed by atoms with E-state index in [1.165, 1.54) is 25.3 Å². The number of hydrogen-bond acceptors (Lipinski definition) is 5. The molecule has 0 aliphatic heterocycles. The SMILES string of the molecule is COC(=O)c1ccc(Cl)c(NC(=O)[C@H]2CC=CC[C@H]2C(=O)[O-])c1. The number of allylic oxidation sites excluding steroid dienone is 2. The van der Waals surface area contributed by atoms with E-state index in [9.17, 15) is 19.5 Å². The van der Waals surface area contributed by atoms with E-state index in [2.05, 4.69) is 10.1 Å². The van der Waals surface area contributed by atoms with Gasteiger partial charge in [-0.15, -0.1) is 0 Å². The summed E-state index contributed by atoms with van der Waals surface area (Å²) in [7, 11) is 1.24. The summed E-state index contributed by atoms with van der Waals surface area (Å²) < 4.78 is 4.61. The van der Waals surface area contributed by atoms with Crippen LogP contribution in [0.3, 0.4) is 0 Å². The van der Waals surface area contributed by atoms with Gasteiger partial charge in [-0.1, -0.05) is 23.8 Å². The Hall–Kier alpha value is -2.34. The Kier molecular flexibility index (Phi) is 5.39. The van der Waals surface area contributed by atoms with Gasteiger partial charge in [-0.2, -0.15) is 0 Å². The quantitative estimate of drug-likeness (QED) is 0.662. The lowest BCUT2D eigenvalue weighted by Gasteiger charge is -2.28. The molecule has 0 fully saturated rings. The van der Waals surface area contributed by atoms with E-state index in [4.69, 9.17) is 11.6 Å². The number of benzene rings is 1. The van der Waals surface area contributed by atoms with Crippen molar-refractivity contribution in [1.29, 1.82) is 0 Å². The Bertz CT molecular complexity index is 670. The van der Waals surface area contributed by atoms with Gasteiger partial charge in [-0.05, 0) is 31.0 Å². The number of carboxylic acid groups (broad SMARTS) is 1. The minimum absolute atomic E-state index is 0.228. The molecule has 0 bridgehead atoms. The summed E-state index contributed by atoms with van der Waals surface area (Å²) in [6.45, 7) is 0. The van der Waals surface area contributed by atoms with Gasteiger partial charge in [-0.3, -0.25) is 4.79 Å². The number of carboxylic acids is 1. The van der Waals surface area contributed by atoms with Gasteiger partial charge >= 0.3 is 5.97 Å². The fourth-order valence-electron chi connectivity index (χ4n) is 2.46. The van der Waals surface area contributed by atoms with Gasteiger partial charge in [-0.25, -0.2) is 4.79 Å². The lowest BCUT2D eigenvalue weighted by molar-refractivity contribution is -0.313. The summed E-state index contributed by atoms with van der Waals surface area (Å²) in [4.78, 5) is 35.1. The second kappa shape index (κ2) is 7.28. The molecule has 0 spiro atoms. The third-order valence-corrected chi connectivity index (χ3v) is 4.05. The maximum atomic E-state index is 12.4. The maximum absolute atomic E-state index is 12.4. The third-order valence-electron chi connectivity index (χ3n) is 3.72. The number of anilines is 1. The van der Waals surface area contributed by atoms with E-state index >= 15 is 0 Å². The molecule has 1 aromatic rings. The largest absolute Gasteiger partial charge is 0.550 e. The van der Waals surface area contributed by atoms with Gasteiger partial charge in [0.2, 0.25) is 5.91 Å². The normalized spacial score (nSPS) is 19.9. The standard InChI is InChI=1S/C16H16ClNO5/c1-23-16(22)9-6-7-12(17)13(8-9)18-14(19)10-4-2-3-5-11(10)15(20)21/h2-3,6-8,10-11H,4-5H2,1H3,(H,18,19)(H,20,21)/p-1/t10-,11+/m0/s1. The van der Waals surface area contributed by atoms with Crippen LogP contribution in [0.4, 0.5) is 5.69 Å². The number of rotatable bonds is 4. The van der Waals surface area contributed by atoms with Gasteiger partial charge in [0, 0.05) is 11.9 Å². The van der Waals surface area contributed by atoms with Crippen molar-refractivity contribution < 1.29 is 24.2 Å². The third kappa shape index (κ3) is 3.90. The number of hydrogen-bond donors (Lipinski definition) is 1. The Morgan fingerprint density at radius 3 is 2.48 bits per heavy atom. The molecule has 7 heteroatoms. The molecule has 0 radical (unpaired) electrons. The number of methoxy groups -OCH3 is 1. The van der Waals surface area contributed by atoms with Crippen molar-refractivity contribution in [2.24, 2.45) is 11.8 Å². The Balaban J connectivity index is 2.21. The van der Waals surface area contributed by atoms with Crippen LogP contribution in [-0.4, -0.2) is 25.0 Å². The molecule has 0 saturated carbocycles. The fraction of sp³-hybridized carbons (Fsp3) is 0.312. The van der Waals surface area contributed by atoms with Crippen LogP contribution in [0.15, 0.2) is 30.4 Å². The highest BCUT2D eigenvalue weighted by atomic mass is 35.5. The summed E-state index contributed by atoms with van der Waals surface area (Å²) in [5.41, 5.74) is 0.457. The van der Waals surface area contributed by atoms with E-state index in [0.717, 1.165) is 0 Å². The van der Waals surface area contributed by atoms with E-state index < -0.39 is 29.7 Å². The molecular weight excluding hydrogens is 322 g/mol. The number of carbonyl (C=O) groups excluding carboxylic acids is 3. The van der Waals surface area contributed by atoms with Crippen LogP contribution in [0.5, 0.6) is 0 Å².